The number of carbonyl (C=O) groups excluding carboxylic acids is 1. The molecule has 24 heavy (non-hydrogen) atoms. The zero-order valence-electron chi connectivity index (χ0n) is 14.0. The Morgan fingerprint density at radius 2 is 1.79 bits per heavy atom. The minimum absolute atomic E-state index is 0.145. The van der Waals surface area contributed by atoms with Crippen LogP contribution < -0.4 is 14.8 Å². The van der Waals surface area contributed by atoms with Crippen LogP contribution in [-0.4, -0.2) is 31.6 Å². The highest BCUT2D eigenvalue weighted by atomic mass is 16.5. The average molecular weight is 326 g/mol. The number of ether oxygens (including phenoxy) is 2. The monoisotopic (exact) mass is 326 g/mol. The Morgan fingerprint density at radius 1 is 1.08 bits per heavy atom. The third-order valence-corrected chi connectivity index (χ3v) is 4.19. The van der Waals surface area contributed by atoms with E-state index < -0.39 is 0 Å². The molecule has 0 unspecified atom stereocenters. The van der Waals surface area contributed by atoms with E-state index in [2.05, 4.69) is 5.32 Å². The minimum Gasteiger partial charge on any atom is -0.493 e. The van der Waals surface area contributed by atoms with Crippen LogP contribution in [0.15, 0.2) is 42.5 Å². The Morgan fingerprint density at radius 3 is 2.50 bits per heavy atom. The van der Waals surface area contributed by atoms with Gasteiger partial charge in [0.15, 0.2) is 11.5 Å². The number of nitrogens with zero attached hydrogens (tertiary/aromatic N) is 1. The van der Waals surface area contributed by atoms with Crippen LogP contribution in [0.5, 0.6) is 11.5 Å². The Bertz CT molecular complexity index is 716. The number of amides is 1. The summed E-state index contributed by atoms with van der Waals surface area (Å²) >= 11 is 0. The van der Waals surface area contributed by atoms with Crippen molar-refractivity contribution < 1.29 is 14.3 Å². The SMILES string of the molecule is COc1cc2c(cc1OC)NCCC(=O)N(Cc1ccccc1)C2. The van der Waals surface area contributed by atoms with Crippen molar-refractivity contribution in [3.05, 3.63) is 53.6 Å². The van der Waals surface area contributed by atoms with Crippen LogP contribution in [0.25, 0.3) is 0 Å². The molecular weight excluding hydrogens is 304 g/mol. The predicted octanol–water partition coefficient (Wildman–Crippen LogP) is 3.05. The van der Waals surface area contributed by atoms with Gasteiger partial charge in [-0.15, -0.1) is 0 Å². The van der Waals surface area contributed by atoms with Gasteiger partial charge in [-0.2, -0.15) is 0 Å². The van der Waals surface area contributed by atoms with Crippen molar-refractivity contribution in [1.29, 1.82) is 0 Å². The van der Waals surface area contributed by atoms with E-state index in [1.807, 2.05) is 47.4 Å². The zero-order valence-corrected chi connectivity index (χ0v) is 14.0. The summed E-state index contributed by atoms with van der Waals surface area (Å²) in [6.45, 7) is 1.75. The molecule has 5 nitrogen and oxygen atoms in total. The molecule has 0 saturated carbocycles. The lowest BCUT2D eigenvalue weighted by Crippen LogP contribution is -2.33. The van der Waals surface area contributed by atoms with Gasteiger partial charge in [0.05, 0.1) is 14.2 Å². The van der Waals surface area contributed by atoms with E-state index in [4.69, 9.17) is 9.47 Å². The molecule has 1 heterocycles. The topological polar surface area (TPSA) is 50.8 Å². The molecule has 0 radical (unpaired) electrons. The van der Waals surface area contributed by atoms with Gasteiger partial charge in [-0.25, -0.2) is 0 Å². The molecule has 2 aromatic carbocycles. The van der Waals surface area contributed by atoms with Crippen LogP contribution >= 0.6 is 0 Å². The molecule has 0 saturated heterocycles. The molecule has 0 bridgehead atoms. The van der Waals surface area contributed by atoms with Crippen LogP contribution in [0.2, 0.25) is 0 Å². The quantitative estimate of drug-likeness (QED) is 0.938. The number of carbonyl (C=O) groups is 1. The summed E-state index contributed by atoms with van der Waals surface area (Å²) in [5, 5.41) is 3.32. The van der Waals surface area contributed by atoms with E-state index in [-0.39, 0.29) is 5.91 Å². The van der Waals surface area contributed by atoms with E-state index in [0.29, 0.717) is 37.6 Å². The van der Waals surface area contributed by atoms with Gasteiger partial charge in [0.2, 0.25) is 5.91 Å². The van der Waals surface area contributed by atoms with Gasteiger partial charge >= 0.3 is 0 Å². The second-order valence-electron chi connectivity index (χ2n) is 5.78. The summed E-state index contributed by atoms with van der Waals surface area (Å²) in [6, 6.07) is 13.9. The second kappa shape index (κ2) is 7.25. The fourth-order valence-electron chi connectivity index (χ4n) is 2.92. The molecule has 5 heteroatoms. The van der Waals surface area contributed by atoms with Crippen LogP contribution in [-0.2, 0) is 17.9 Å². The van der Waals surface area contributed by atoms with Gasteiger partial charge in [0.25, 0.3) is 0 Å². The summed E-state index contributed by atoms with van der Waals surface area (Å²) < 4.78 is 10.8. The van der Waals surface area contributed by atoms with Gasteiger partial charge in [0, 0.05) is 37.8 Å². The summed E-state index contributed by atoms with van der Waals surface area (Å²) in [5.41, 5.74) is 3.14. The van der Waals surface area contributed by atoms with E-state index in [1.54, 1.807) is 14.2 Å². The third kappa shape index (κ3) is 3.45. The summed E-state index contributed by atoms with van der Waals surface area (Å²) in [6.07, 6.45) is 0.473. The molecule has 0 fully saturated rings. The van der Waals surface area contributed by atoms with Crippen molar-refractivity contribution in [2.45, 2.75) is 19.5 Å². The summed E-state index contributed by atoms with van der Waals surface area (Å²) in [4.78, 5) is 14.4. The van der Waals surface area contributed by atoms with Crippen molar-refractivity contribution in [3.8, 4) is 11.5 Å². The fraction of sp³-hybridized carbons (Fsp3) is 0.316. The van der Waals surface area contributed by atoms with E-state index in [0.717, 1.165) is 16.8 Å². The number of hydrogen-bond donors (Lipinski definition) is 1. The number of rotatable bonds is 4. The minimum atomic E-state index is 0.145. The average Bonchev–Trinajstić information content (AvgIpc) is 2.61. The highest BCUT2D eigenvalue weighted by Gasteiger charge is 2.21. The molecule has 0 atom stereocenters. The van der Waals surface area contributed by atoms with Gasteiger partial charge in [-0.1, -0.05) is 30.3 Å². The molecule has 0 spiro atoms. The van der Waals surface area contributed by atoms with E-state index >= 15 is 0 Å². The van der Waals surface area contributed by atoms with E-state index in [1.165, 1.54) is 0 Å². The fourth-order valence-corrected chi connectivity index (χ4v) is 2.92. The van der Waals surface area contributed by atoms with Crippen molar-refractivity contribution in [3.63, 3.8) is 0 Å². The molecular formula is C19H22N2O3. The normalized spacial score (nSPS) is 14.2. The first-order valence-electron chi connectivity index (χ1n) is 8.01. The maximum Gasteiger partial charge on any atom is 0.224 e. The van der Waals surface area contributed by atoms with Gasteiger partial charge < -0.3 is 19.7 Å². The summed E-state index contributed by atoms with van der Waals surface area (Å²) in [5.74, 6) is 1.50. The van der Waals surface area contributed by atoms with Crippen molar-refractivity contribution >= 4 is 11.6 Å². The first-order chi connectivity index (χ1) is 11.7. The molecule has 3 rings (SSSR count). The molecule has 2 aromatic rings. The van der Waals surface area contributed by atoms with Crippen LogP contribution in [0.3, 0.4) is 0 Å². The highest BCUT2D eigenvalue weighted by molar-refractivity contribution is 5.78. The number of methoxy groups -OCH3 is 2. The Kier molecular flexibility index (Phi) is 4.89. The standard InChI is InChI=1S/C19H22N2O3/c1-23-17-10-15-13-21(12-14-6-4-3-5-7-14)19(22)8-9-20-16(15)11-18(17)24-2/h3-7,10-11,20H,8-9,12-13H2,1-2H3. The molecule has 1 N–H and O–H groups in total. The lowest BCUT2D eigenvalue weighted by Gasteiger charge is -2.28. The third-order valence-electron chi connectivity index (χ3n) is 4.19. The second-order valence-corrected chi connectivity index (χ2v) is 5.78. The highest BCUT2D eigenvalue weighted by Crippen LogP contribution is 2.34. The van der Waals surface area contributed by atoms with Crippen molar-refractivity contribution in [2.75, 3.05) is 26.1 Å². The Hall–Kier alpha value is -2.69. The molecule has 1 aliphatic rings. The Balaban J connectivity index is 1.91. The lowest BCUT2D eigenvalue weighted by molar-refractivity contribution is -0.132. The first-order valence-corrected chi connectivity index (χ1v) is 8.01. The van der Waals surface area contributed by atoms with Gasteiger partial charge in [-0.3, -0.25) is 4.79 Å². The van der Waals surface area contributed by atoms with Gasteiger partial charge in [-0.05, 0) is 17.2 Å². The Labute approximate surface area is 142 Å². The first kappa shape index (κ1) is 16.2. The van der Waals surface area contributed by atoms with Crippen LogP contribution in [0.1, 0.15) is 17.5 Å². The number of benzene rings is 2. The van der Waals surface area contributed by atoms with Crippen molar-refractivity contribution in [1.82, 2.24) is 4.90 Å². The molecule has 1 aliphatic heterocycles. The molecule has 0 aliphatic carbocycles. The largest absolute Gasteiger partial charge is 0.493 e. The number of nitrogens with one attached hydrogen (secondary N) is 1. The molecule has 1 amide bonds. The van der Waals surface area contributed by atoms with E-state index in [9.17, 15) is 4.79 Å². The van der Waals surface area contributed by atoms with Gasteiger partial charge in [0.1, 0.15) is 0 Å². The zero-order chi connectivity index (χ0) is 16.9. The molecule has 126 valence electrons. The van der Waals surface area contributed by atoms with Crippen LogP contribution in [0.4, 0.5) is 5.69 Å². The molecule has 0 aromatic heterocycles. The summed E-state index contributed by atoms with van der Waals surface area (Å²) in [7, 11) is 3.24. The predicted molar refractivity (Wildman–Crippen MR) is 93.3 cm³/mol. The number of hydrogen-bond acceptors (Lipinski definition) is 4. The maximum absolute atomic E-state index is 12.5. The number of anilines is 1. The van der Waals surface area contributed by atoms with Crippen molar-refractivity contribution in [2.24, 2.45) is 0 Å². The lowest BCUT2D eigenvalue weighted by atomic mass is 10.1. The number of fused-ring (bicyclic) bond motifs is 1. The maximum atomic E-state index is 12.5. The smallest absolute Gasteiger partial charge is 0.224 e. The van der Waals surface area contributed by atoms with Crippen LogP contribution in [0, 0.1) is 0 Å².